The molecule has 0 saturated heterocycles. The number of thioether (sulfide) groups is 1. The minimum Gasteiger partial charge on any atom is -0.306 e. The molecule has 0 saturated carbocycles. The van der Waals surface area contributed by atoms with Crippen LogP contribution in [-0.2, 0) is 0 Å². The third kappa shape index (κ3) is 2.39. The van der Waals surface area contributed by atoms with Crippen LogP contribution in [0.1, 0.15) is 0 Å². The van der Waals surface area contributed by atoms with Gasteiger partial charge in [-0.05, 0) is 29.7 Å². The molecule has 5 nitrogen and oxygen atoms in total. The molecule has 3 heterocycles. The van der Waals surface area contributed by atoms with E-state index < -0.39 is 5.82 Å². The molecule has 0 amide bonds. The molecule has 7 heteroatoms. The van der Waals surface area contributed by atoms with Gasteiger partial charge < -0.3 is 4.98 Å². The lowest BCUT2D eigenvalue weighted by Crippen LogP contribution is -2.11. The molecule has 4 rings (SSSR count). The van der Waals surface area contributed by atoms with Crippen molar-refractivity contribution in [1.29, 1.82) is 0 Å². The summed E-state index contributed by atoms with van der Waals surface area (Å²) in [6, 6.07) is 6.20. The van der Waals surface area contributed by atoms with Crippen molar-refractivity contribution in [3.05, 3.63) is 64.2 Å². The maximum Gasteiger partial charge on any atom is 0.262 e. The Labute approximate surface area is 134 Å². The van der Waals surface area contributed by atoms with E-state index in [4.69, 9.17) is 0 Å². The highest BCUT2D eigenvalue weighted by molar-refractivity contribution is 8.02. The number of H-pyrrole nitrogens is 1. The zero-order valence-electron chi connectivity index (χ0n) is 11.9. The number of halogens is 1. The number of benzene rings is 1. The van der Waals surface area contributed by atoms with Gasteiger partial charge in [0, 0.05) is 5.75 Å². The molecule has 2 aromatic heterocycles. The third-order valence-electron chi connectivity index (χ3n) is 3.54. The van der Waals surface area contributed by atoms with E-state index in [0.717, 1.165) is 11.4 Å². The number of hydrogen-bond acceptors (Lipinski definition) is 4. The summed E-state index contributed by atoms with van der Waals surface area (Å²) in [5, 5.41) is 6.59. The number of allylic oxidation sites excluding steroid dienone is 2. The number of hydrogen-bond donors (Lipinski definition) is 1. The molecule has 0 fully saturated rings. The van der Waals surface area contributed by atoms with E-state index in [-0.39, 0.29) is 16.9 Å². The lowest BCUT2D eigenvalue weighted by Gasteiger charge is -2.08. The Bertz CT molecular complexity index is 1020. The molecule has 114 valence electrons. The van der Waals surface area contributed by atoms with Gasteiger partial charge in [0.1, 0.15) is 17.0 Å². The average Bonchev–Trinajstić information content (AvgIpc) is 3.00. The van der Waals surface area contributed by atoms with Crippen LogP contribution in [0.4, 0.5) is 4.39 Å². The van der Waals surface area contributed by atoms with Gasteiger partial charge in [-0.3, -0.25) is 4.79 Å². The monoisotopic (exact) mass is 326 g/mol. The van der Waals surface area contributed by atoms with Gasteiger partial charge in [-0.2, -0.15) is 5.10 Å². The third-order valence-corrected chi connectivity index (χ3v) is 4.22. The molecule has 1 N–H and O–H groups in total. The normalized spacial score (nSPS) is 14.2. The predicted octanol–water partition coefficient (Wildman–Crippen LogP) is 3.03. The standard InChI is InChI=1S/C16H11FN4OS/c17-13-4-2-1-3-11(13)14-19-15-12(16(22)20-14)9-18-21(15)10-5-7-23-8-6-10/h1-7,9H,8H2,(H,19,20,22). The Morgan fingerprint density at radius 2 is 2.17 bits per heavy atom. The number of fused-ring (bicyclic) bond motifs is 1. The van der Waals surface area contributed by atoms with Crippen molar-refractivity contribution in [1.82, 2.24) is 19.7 Å². The van der Waals surface area contributed by atoms with Crippen molar-refractivity contribution in [2.75, 3.05) is 5.75 Å². The van der Waals surface area contributed by atoms with E-state index in [1.54, 1.807) is 34.6 Å². The number of aromatic nitrogens is 4. The van der Waals surface area contributed by atoms with Crippen LogP contribution in [0.2, 0.25) is 0 Å². The van der Waals surface area contributed by atoms with Gasteiger partial charge in [0.05, 0.1) is 17.5 Å². The Morgan fingerprint density at radius 3 is 2.96 bits per heavy atom. The van der Waals surface area contributed by atoms with Crippen molar-refractivity contribution in [3.8, 4) is 11.4 Å². The summed E-state index contributed by atoms with van der Waals surface area (Å²) in [5.74, 6) is 0.586. The first kappa shape index (κ1) is 14.0. The first-order chi connectivity index (χ1) is 11.2. The van der Waals surface area contributed by atoms with Gasteiger partial charge in [0.2, 0.25) is 0 Å². The van der Waals surface area contributed by atoms with Crippen LogP contribution >= 0.6 is 11.8 Å². The predicted molar refractivity (Wildman–Crippen MR) is 89.4 cm³/mol. The van der Waals surface area contributed by atoms with Gasteiger partial charge in [0.15, 0.2) is 5.65 Å². The fourth-order valence-electron chi connectivity index (χ4n) is 2.42. The lowest BCUT2D eigenvalue weighted by atomic mass is 10.2. The first-order valence-corrected chi connectivity index (χ1v) is 8.00. The second-order valence-electron chi connectivity index (χ2n) is 4.95. The van der Waals surface area contributed by atoms with Crippen LogP contribution in [0.3, 0.4) is 0 Å². The van der Waals surface area contributed by atoms with E-state index in [1.165, 1.54) is 12.3 Å². The van der Waals surface area contributed by atoms with Crippen LogP contribution < -0.4 is 5.56 Å². The Balaban J connectivity index is 1.96. The van der Waals surface area contributed by atoms with Gasteiger partial charge in [0.25, 0.3) is 5.56 Å². The maximum atomic E-state index is 14.0. The van der Waals surface area contributed by atoms with Crippen molar-refractivity contribution in [3.63, 3.8) is 0 Å². The highest BCUT2D eigenvalue weighted by Gasteiger charge is 2.15. The number of nitrogens with zero attached hydrogens (tertiary/aromatic N) is 3. The molecule has 3 aromatic rings. The topological polar surface area (TPSA) is 63.6 Å². The highest BCUT2D eigenvalue weighted by Crippen LogP contribution is 2.23. The smallest absolute Gasteiger partial charge is 0.262 e. The van der Waals surface area contributed by atoms with E-state index in [1.807, 2.05) is 17.6 Å². The molecule has 0 bridgehead atoms. The maximum absolute atomic E-state index is 14.0. The van der Waals surface area contributed by atoms with Gasteiger partial charge in [-0.15, -0.1) is 11.8 Å². The van der Waals surface area contributed by atoms with Crippen LogP contribution in [-0.4, -0.2) is 25.5 Å². The molecule has 23 heavy (non-hydrogen) atoms. The molecule has 1 aliphatic rings. The molecule has 0 unspecified atom stereocenters. The minimum absolute atomic E-state index is 0.192. The van der Waals surface area contributed by atoms with E-state index in [9.17, 15) is 9.18 Å². The SMILES string of the molecule is O=c1[nH]c(-c2ccccc2F)nc2c1cnn2C1=CCSC=C1. The van der Waals surface area contributed by atoms with Gasteiger partial charge in [-0.1, -0.05) is 12.1 Å². The summed E-state index contributed by atoms with van der Waals surface area (Å²) in [6.45, 7) is 0. The second-order valence-corrected chi connectivity index (χ2v) is 5.89. The van der Waals surface area contributed by atoms with Crippen molar-refractivity contribution in [2.24, 2.45) is 0 Å². The zero-order valence-corrected chi connectivity index (χ0v) is 12.7. The number of aromatic amines is 1. The van der Waals surface area contributed by atoms with Gasteiger partial charge >= 0.3 is 0 Å². The quantitative estimate of drug-likeness (QED) is 0.786. The van der Waals surface area contributed by atoms with E-state index >= 15 is 0 Å². The van der Waals surface area contributed by atoms with Crippen molar-refractivity contribution in [2.45, 2.75) is 0 Å². The van der Waals surface area contributed by atoms with Crippen molar-refractivity contribution >= 4 is 28.5 Å². The Morgan fingerprint density at radius 1 is 1.30 bits per heavy atom. The van der Waals surface area contributed by atoms with Crippen molar-refractivity contribution < 1.29 is 4.39 Å². The number of rotatable bonds is 2. The summed E-state index contributed by atoms with van der Waals surface area (Å²) in [5.41, 5.74) is 1.17. The van der Waals surface area contributed by atoms with Crippen LogP contribution in [0.5, 0.6) is 0 Å². The first-order valence-electron chi connectivity index (χ1n) is 6.96. The van der Waals surface area contributed by atoms with E-state index in [0.29, 0.717) is 11.0 Å². The molecule has 0 aliphatic carbocycles. The summed E-state index contributed by atoms with van der Waals surface area (Å²) in [7, 11) is 0. The molecule has 1 aliphatic heterocycles. The summed E-state index contributed by atoms with van der Waals surface area (Å²) < 4.78 is 15.6. The fourth-order valence-corrected chi connectivity index (χ4v) is 3.03. The summed E-state index contributed by atoms with van der Waals surface area (Å²) in [6.07, 6.45) is 5.39. The fraction of sp³-hybridized carbons (Fsp3) is 0.0625. The second kappa shape index (κ2) is 5.51. The Hall–Kier alpha value is -2.67. The van der Waals surface area contributed by atoms with Crippen LogP contribution in [0.25, 0.3) is 28.1 Å². The minimum atomic E-state index is -0.436. The summed E-state index contributed by atoms with van der Waals surface area (Å²) >= 11 is 1.67. The molecule has 0 radical (unpaired) electrons. The van der Waals surface area contributed by atoms with Crippen LogP contribution in [0.15, 0.2) is 52.8 Å². The molecular weight excluding hydrogens is 315 g/mol. The van der Waals surface area contributed by atoms with E-state index in [2.05, 4.69) is 15.1 Å². The van der Waals surface area contributed by atoms with Gasteiger partial charge in [-0.25, -0.2) is 14.1 Å². The highest BCUT2D eigenvalue weighted by atomic mass is 32.2. The number of nitrogens with one attached hydrogen (secondary N) is 1. The Kier molecular flexibility index (Phi) is 3.34. The molecule has 0 atom stereocenters. The average molecular weight is 326 g/mol. The lowest BCUT2D eigenvalue weighted by molar-refractivity contribution is 0.630. The molecule has 1 aromatic carbocycles. The zero-order chi connectivity index (χ0) is 15.8. The molecule has 0 spiro atoms. The summed E-state index contributed by atoms with van der Waals surface area (Å²) in [4.78, 5) is 19.3. The van der Waals surface area contributed by atoms with Crippen LogP contribution in [0, 0.1) is 5.82 Å². The largest absolute Gasteiger partial charge is 0.306 e. The molecular formula is C16H11FN4OS.